The fourth-order valence-electron chi connectivity index (χ4n) is 2.11. The normalized spacial score (nSPS) is 12.5. The molecule has 1 nitrogen and oxygen atoms in total. The molecule has 0 fully saturated rings. The number of aryl methyl sites for hydroxylation is 1. The first-order valence-corrected chi connectivity index (χ1v) is 6.50. The van der Waals surface area contributed by atoms with Gasteiger partial charge in [0.05, 0.1) is 0 Å². The van der Waals surface area contributed by atoms with Gasteiger partial charge in [-0.2, -0.15) is 0 Å². The lowest BCUT2D eigenvalue weighted by atomic mass is 9.93. The van der Waals surface area contributed by atoms with E-state index >= 15 is 0 Å². The topological polar surface area (TPSA) is 12.0 Å². The van der Waals surface area contributed by atoms with Crippen LogP contribution in [0, 0.1) is 13.8 Å². The minimum Gasteiger partial charge on any atom is -0.310 e. The van der Waals surface area contributed by atoms with Crippen molar-refractivity contribution in [2.45, 2.75) is 46.6 Å². The van der Waals surface area contributed by atoms with Crippen LogP contribution in [0.3, 0.4) is 0 Å². The van der Waals surface area contributed by atoms with Crippen LogP contribution < -0.4 is 5.32 Å². The molecule has 1 rings (SSSR count). The van der Waals surface area contributed by atoms with Crippen LogP contribution in [0.15, 0.2) is 30.4 Å². The molecule has 0 amide bonds. The average Bonchev–Trinajstić information content (AvgIpc) is 2.28. The lowest BCUT2D eigenvalue weighted by Gasteiger charge is -2.22. The fraction of sp³-hybridized carbons (Fsp3) is 0.500. The zero-order valence-electron chi connectivity index (χ0n) is 11.6. The first kappa shape index (κ1) is 14.0. The molecule has 0 aromatic heterocycles. The van der Waals surface area contributed by atoms with Crippen molar-refractivity contribution >= 4 is 0 Å². The van der Waals surface area contributed by atoms with Gasteiger partial charge < -0.3 is 5.32 Å². The molecule has 0 saturated heterocycles. The van der Waals surface area contributed by atoms with Gasteiger partial charge in [0.2, 0.25) is 0 Å². The molecule has 1 atom stereocenters. The number of benzene rings is 1. The van der Waals surface area contributed by atoms with Crippen molar-refractivity contribution in [1.29, 1.82) is 0 Å². The number of hydrogen-bond donors (Lipinski definition) is 1. The highest BCUT2D eigenvalue weighted by atomic mass is 14.9. The molecule has 0 bridgehead atoms. The average molecular weight is 231 g/mol. The van der Waals surface area contributed by atoms with E-state index in [4.69, 9.17) is 0 Å². The van der Waals surface area contributed by atoms with E-state index in [1.807, 2.05) is 0 Å². The number of hydrogen-bond acceptors (Lipinski definition) is 1. The third kappa shape index (κ3) is 4.01. The molecule has 17 heavy (non-hydrogen) atoms. The Morgan fingerprint density at radius 1 is 1.35 bits per heavy atom. The fourth-order valence-corrected chi connectivity index (χ4v) is 2.11. The van der Waals surface area contributed by atoms with Crippen molar-refractivity contribution in [3.8, 4) is 0 Å². The summed E-state index contributed by atoms with van der Waals surface area (Å²) in [4.78, 5) is 0. The van der Waals surface area contributed by atoms with Gasteiger partial charge in [-0.1, -0.05) is 30.7 Å². The smallest absolute Gasteiger partial charge is 0.0360 e. The molecule has 0 aliphatic rings. The van der Waals surface area contributed by atoms with Crippen molar-refractivity contribution in [2.24, 2.45) is 0 Å². The van der Waals surface area contributed by atoms with Crippen LogP contribution in [0.5, 0.6) is 0 Å². The van der Waals surface area contributed by atoms with Crippen LogP contribution in [0.25, 0.3) is 0 Å². The number of nitrogens with one attached hydrogen (secondary N) is 1. The Balaban J connectivity index is 2.94. The van der Waals surface area contributed by atoms with Gasteiger partial charge in [0.15, 0.2) is 0 Å². The minimum absolute atomic E-state index is 0.410. The van der Waals surface area contributed by atoms with Gasteiger partial charge in [-0.25, -0.2) is 0 Å². The zero-order chi connectivity index (χ0) is 12.8. The van der Waals surface area contributed by atoms with Crippen LogP contribution in [-0.4, -0.2) is 6.54 Å². The summed E-state index contributed by atoms with van der Waals surface area (Å²) in [5.74, 6) is 0. The van der Waals surface area contributed by atoms with E-state index < -0.39 is 0 Å². The van der Waals surface area contributed by atoms with Crippen molar-refractivity contribution in [1.82, 2.24) is 5.32 Å². The summed E-state index contributed by atoms with van der Waals surface area (Å²) in [6, 6.07) is 6.97. The van der Waals surface area contributed by atoms with Gasteiger partial charge in [0, 0.05) is 6.04 Å². The van der Waals surface area contributed by atoms with E-state index in [9.17, 15) is 0 Å². The third-order valence-corrected chi connectivity index (χ3v) is 3.22. The SMILES string of the molecule is C=C(C)CC(NCCC)c1cccc(C)c1C. The van der Waals surface area contributed by atoms with Crippen LogP contribution in [0.1, 0.15) is 49.4 Å². The maximum absolute atomic E-state index is 4.04. The predicted molar refractivity (Wildman–Crippen MR) is 76.4 cm³/mol. The summed E-state index contributed by atoms with van der Waals surface area (Å²) in [7, 11) is 0. The lowest BCUT2D eigenvalue weighted by Crippen LogP contribution is -2.23. The molecule has 0 heterocycles. The van der Waals surface area contributed by atoms with Gasteiger partial charge in [0.25, 0.3) is 0 Å². The Kier molecular flexibility index (Phi) is 5.43. The van der Waals surface area contributed by atoms with Gasteiger partial charge in [0.1, 0.15) is 0 Å². The van der Waals surface area contributed by atoms with E-state index in [0.29, 0.717) is 6.04 Å². The Bertz CT molecular complexity index is 379. The predicted octanol–water partition coefficient (Wildman–Crippen LogP) is 4.31. The zero-order valence-corrected chi connectivity index (χ0v) is 11.6. The molecule has 1 heteroatoms. The Morgan fingerprint density at radius 2 is 2.06 bits per heavy atom. The van der Waals surface area contributed by atoms with Gasteiger partial charge in [-0.3, -0.25) is 0 Å². The molecule has 0 aliphatic carbocycles. The van der Waals surface area contributed by atoms with Crippen molar-refractivity contribution in [3.63, 3.8) is 0 Å². The van der Waals surface area contributed by atoms with E-state index in [0.717, 1.165) is 19.4 Å². The van der Waals surface area contributed by atoms with Crippen molar-refractivity contribution < 1.29 is 0 Å². The maximum Gasteiger partial charge on any atom is 0.0360 e. The van der Waals surface area contributed by atoms with E-state index in [-0.39, 0.29) is 0 Å². The first-order chi connectivity index (χ1) is 8.06. The second kappa shape index (κ2) is 6.61. The lowest BCUT2D eigenvalue weighted by molar-refractivity contribution is 0.525. The second-order valence-corrected chi connectivity index (χ2v) is 4.96. The highest BCUT2D eigenvalue weighted by Gasteiger charge is 2.13. The Hall–Kier alpha value is -1.08. The quantitative estimate of drug-likeness (QED) is 0.719. The summed E-state index contributed by atoms with van der Waals surface area (Å²) >= 11 is 0. The standard InChI is InChI=1S/C16H25N/c1-6-10-17-16(11-12(2)3)15-9-7-8-13(4)14(15)5/h7-9,16-17H,2,6,10-11H2,1,3-5H3. The number of rotatable bonds is 6. The molecule has 1 N–H and O–H groups in total. The van der Waals surface area contributed by atoms with Crippen LogP contribution >= 0.6 is 0 Å². The van der Waals surface area contributed by atoms with E-state index in [2.05, 4.69) is 57.8 Å². The van der Waals surface area contributed by atoms with E-state index in [1.54, 1.807) is 0 Å². The van der Waals surface area contributed by atoms with Gasteiger partial charge >= 0.3 is 0 Å². The van der Waals surface area contributed by atoms with Crippen molar-refractivity contribution in [2.75, 3.05) is 6.54 Å². The molecule has 0 saturated carbocycles. The maximum atomic E-state index is 4.04. The molecule has 94 valence electrons. The summed E-state index contributed by atoms with van der Waals surface area (Å²) in [6.45, 7) is 13.8. The van der Waals surface area contributed by atoms with Crippen LogP contribution in [0.4, 0.5) is 0 Å². The van der Waals surface area contributed by atoms with E-state index in [1.165, 1.54) is 22.3 Å². The summed E-state index contributed by atoms with van der Waals surface area (Å²) in [5, 5.41) is 3.62. The molecule has 0 radical (unpaired) electrons. The molecule has 1 unspecified atom stereocenters. The molecular formula is C16H25N. The summed E-state index contributed by atoms with van der Waals surface area (Å²) in [5.41, 5.74) is 5.43. The highest BCUT2D eigenvalue weighted by molar-refractivity contribution is 5.35. The van der Waals surface area contributed by atoms with Crippen LogP contribution in [-0.2, 0) is 0 Å². The van der Waals surface area contributed by atoms with Crippen LogP contribution in [0.2, 0.25) is 0 Å². The molecule has 0 spiro atoms. The Morgan fingerprint density at radius 3 is 2.65 bits per heavy atom. The second-order valence-electron chi connectivity index (χ2n) is 4.96. The van der Waals surface area contributed by atoms with Crippen molar-refractivity contribution in [3.05, 3.63) is 47.0 Å². The Labute approximate surface area is 106 Å². The van der Waals surface area contributed by atoms with Gasteiger partial charge in [-0.15, -0.1) is 6.58 Å². The molecule has 1 aromatic rings. The van der Waals surface area contributed by atoms with Gasteiger partial charge in [-0.05, 0) is 56.8 Å². The summed E-state index contributed by atoms with van der Waals surface area (Å²) < 4.78 is 0. The molecule has 1 aromatic carbocycles. The summed E-state index contributed by atoms with van der Waals surface area (Å²) in [6.07, 6.45) is 2.18. The molecule has 0 aliphatic heterocycles. The first-order valence-electron chi connectivity index (χ1n) is 6.50. The minimum atomic E-state index is 0.410. The monoisotopic (exact) mass is 231 g/mol. The third-order valence-electron chi connectivity index (χ3n) is 3.22. The molecular weight excluding hydrogens is 206 g/mol. The highest BCUT2D eigenvalue weighted by Crippen LogP contribution is 2.25. The largest absolute Gasteiger partial charge is 0.310 e.